The molecule has 32 heavy (non-hydrogen) atoms. The van der Waals surface area contributed by atoms with Crippen LogP contribution >= 0.6 is 0 Å². The fourth-order valence-electron chi connectivity index (χ4n) is 3.19. The van der Waals surface area contributed by atoms with E-state index in [2.05, 4.69) is 16.2 Å². The Hall–Kier alpha value is -3.31. The largest absolute Gasteiger partial charge is 0.347 e. The molecule has 0 radical (unpaired) electrons. The lowest BCUT2D eigenvalue weighted by Gasteiger charge is -2.16. The minimum atomic E-state index is -3.68. The molecule has 1 fully saturated rings. The Kier molecular flexibility index (Phi) is 7.54. The first kappa shape index (κ1) is 23.4. The number of nitrogens with one attached hydrogen (secondary N) is 3. The third-order valence-corrected chi connectivity index (χ3v) is 6.71. The summed E-state index contributed by atoms with van der Waals surface area (Å²) in [5, 5.41) is 2.36. The molecule has 1 saturated heterocycles. The van der Waals surface area contributed by atoms with E-state index >= 15 is 0 Å². The number of amides is 3. The zero-order chi connectivity index (χ0) is 23.1. The van der Waals surface area contributed by atoms with Gasteiger partial charge in [-0.05, 0) is 48.7 Å². The molecule has 0 aliphatic carbocycles. The standard InChI is InChI=1S/C21H23FN4O5S/c22-17-7-3-5-15(11-17)12-19(27)23-14-20(28)24-25-21(29)16-6-4-8-18(13-16)32(30,31)26-9-1-2-10-26/h3-8,11,13H,1-2,9-10,12,14H2,(H,23,27)(H,24,28)(H,25,29). The van der Waals surface area contributed by atoms with Crippen LogP contribution in [-0.4, -0.2) is 50.1 Å². The van der Waals surface area contributed by atoms with Crippen molar-refractivity contribution in [3.05, 3.63) is 65.5 Å². The van der Waals surface area contributed by atoms with Crippen molar-refractivity contribution in [1.29, 1.82) is 0 Å². The number of rotatable bonds is 7. The first-order chi connectivity index (χ1) is 15.3. The molecule has 3 N–H and O–H groups in total. The Morgan fingerprint density at radius 1 is 0.938 bits per heavy atom. The number of halogens is 1. The summed E-state index contributed by atoms with van der Waals surface area (Å²) in [7, 11) is -3.68. The van der Waals surface area contributed by atoms with Gasteiger partial charge in [0, 0.05) is 18.7 Å². The summed E-state index contributed by atoms with van der Waals surface area (Å²) in [5.41, 5.74) is 4.84. The highest BCUT2D eigenvalue weighted by Gasteiger charge is 2.27. The summed E-state index contributed by atoms with van der Waals surface area (Å²) < 4.78 is 39.8. The molecule has 2 aromatic rings. The SMILES string of the molecule is O=C(Cc1cccc(F)c1)NCC(=O)NNC(=O)c1cccc(S(=O)(=O)N2CCCC2)c1. The number of hydrogen-bond acceptors (Lipinski definition) is 5. The van der Waals surface area contributed by atoms with E-state index in [1.807, 2.05) is 0 Å². The molecular formula is C21H23FN4O5S. The van der Waals surface area contributed by atoms with E-state index in [0.29, 0.717) is 18.7 Å². The van der Waals surface area contributed by atoms with Crippen molar-refractivity contribution in [1.82, 2.24) is 20.5 Å². The highest BCUT2D eigenvalue weighted by Crippen LogP contribution is 2.21. The van der Waals surface area contributed by atoms with Gasteiger partial charge in [0.05, 0.1) is 17.9 Å². The predicted molar refractivity (Wildman–Crippen MR) is 113 cm³/mol. The molecule has 2 aromatic carbocycles. The second kappa shape index (κ2) is 10.3. The van der Waals surface area contributed by atoms with Crippen molar-refractivity contribution in [3.8, 4) is 0 Å². The van der Waals surface area contributed by atoms with Crippen molar-refractivity contribution >= 4 is 27.7 Å². The first-order valence-corrected chi connectivity index (χ1v) is 11.4. The monoisotopic (exact) mass is 462 g/mol. The van der Waals surface area contributed by atoms with Gasteiger partial charge in [0.15, 0.2) is 0 Å². The zero-order valence-electron chi connectivity index (χ0n) is 17.1. The van der Waals surface area contributed by atoms with E-state index in [4.69, 9.17) is 0 Å². The van der Waals surface area contributed by atoms with Crippen LogP contribution in [0.1, 0.15) is 28.8 Å². The Balaban J connectivity index is 1.49. The highest BCUT2D eigenvalue weighted by molar-refractivity contribution is 7.89. The molecule has 0 atom stereocenters. The molecule has 11 heteroatoms. The van der Waals surface area contributed by atoms with E-state index in [0.717, 1.165) is 12.8 Å². The van der Waals surface area contributed by atoms with Crippen LogP contribution in [0.15, 0.2) is 53.4 Å². The maximum Gasteiger partial charge on any atom is 0.269 e. The maximum absolute atomic E-state index is 13.1. The van der Waals surface area contributed by atoms with Gasteiger partial charge in [0.2, 0.25) is 15.9 Å². The Bertz CT molecular complexity index is 1120. The molecule has 3 amide bonds. The third-order valence-electron chi connectivity index (χ3n) is 4.81. The van der Waals surface area contributed by atoms with Crippen LogP contribution in [-0.2, 0) is 26.0 Å². The summed E-state index contributed by atoms with van der Waals surface area (Å²) in [6, 6.07) is 11.1. The van der Waals surface area contributed by atoms with Crippen LogP contribution in [0.5, 0.6) is 0 Å². The Labute approximate surface area is 185 Å². The van der Waals surface area contributed by atoms with Gasteiger partial charge in [-0.2, -0.15) is 4.31 Å². The molecule has 3 rings (SSSR count). The molecular weight excluding hydrogens is 439 g/mol. The summed E-state index contributed by atoms with van der Waals surface area (Å²) in [5.74, 6) is -2.35. The molecule has 1 heterocycles. The van der Waals surface area contributed by atoms with E-state index in [9.17, 15) is 27.2 Å². The second-order valence-electron chi connectivity index (χ2n) is 7.22. The topological polar surface area (TPSA) is 125 Å². The van der Waals surface area contributed by atoms with Gasteiger partial charge in [-0.3, -0.25) is 25.2 Å². The predicted octanol–water partition coefficient (Wildman–Crippen LogP) is 0.730. The van der Waals surface area contributed by atoms with E-state index in [1.165, 1.54) is 46.8 Å². The van der Waals surface area contributed by atoms with Gasteiger partial charge in [-0.1, -0.05) is 18.2 Å². The Morgan fingerprint density at radius 3 is 2.38 bits per heavy atom. The fraction of sp³-hybridized carbons (Fsp3) is 0.286. The van der Waals surface area contributed by atoms with Gasteiger partial charge in [0.1, 0.15) is 5.82 Å². The fourth-order valence-corrected chi connectivity index (χ4v) is 4.76. The summed E-state index contributed by atoms with van der Waals surface area (Å²) in [6.45, 7) is 0.483. The minimum absolute atomic E-state index is 0.00277. The number of nitrogens with zero attached hydrogens (tertiary/aromatic N) is 1. The van der Waals surface area contributed by atoms with E-state index in [1.54, 1.807) is 6.07 Å². The van der Waals surface area contributed by atoms with Crippen LogP contribution in [0.4, 0.5) is 4.39 Å². The smallest absolute Gasteiger partial charge is 0.269 e. The van der Waals surface area contributed by atoms with Crippen LogP contribution < -0.4 is 16.2 Å². The molecule has 1 aliphatic heterocycles. The number of sulfonamides is 1. The molecule has 0 bridgehead atoms. The lowest BCUT2D eigenvalue weighted by molar-refractivity contribution is -0.126. The number of hydrazine groups is 1. The van der Waals surface area contributed by atoms with Crippen molar-refractivity contribution in [2.75, 3.05) is 19.6 Å². The first-order valence-electron chi connectivity index (χ1n) is 9.96. The van der Waals surface area contributed by atoms with Crippen molar-refractivity contribution in [2.45, 2.75) is 24.2 Å². The van der Waals surface area contributed by atoms with E-state index in [-0.39, 0.29) is 16.9 Å². The van der Waals surface area contributed by atoms with Gasteiger partial charge in [-0.15, -0.1) is 0 Å². The molecule has 1 aliphatic rings. The molecule has 0 unspecified atom stereocenters. The molecule has 0 spiro atoms. The number of hydrogen-bond donors (Lipinski definition) is 3. The van der Waals surface area contributed by atoms with Crippen LogP contribution in [0.3, 0.4) is 0 Å². The highest BCUT2D eigenvalue weighted by atomic mass is 32.2. The lowest BCUT2D eigenvalue weighted by atomic mass is 10.1. The second-order valence-corrected chi connectivity index (χ2v) is 9.16. The van der Waals surface area contributed by atoms with Crippen LogP contribution in [0.2, 0.25) is 0 Å². The van der Waals surface area contributed by atoms with Gasteiger partial charge < -0.3 is 5.32 Å². The number of benzene rings is 2. The van der Waals surface area contributed by atoms with Gasteiger partial charge in [0.25, 0.3) is 11.8 Å². The third kappa shape index (κ3) is 6.11. The average Bonchev–Trinajstić information content (AvgIpc) is 3.32. The van der Waals surface area contributed by atoms with Crippen molar-refractivity contribution in [3.63, 3.8) is 0 Å². The number of carbonyl (C=O) groups excluding carboxylic acids is 3. The molecule has 9 nitrogen and oxygen atoms in total. The van der Waals surface area contributed by atoms with Gasteiger partial charge >= 0.3 is 0 Å². The normalized spacial score (nSPS) is 14.0. The minimum Gasteiger partial charge on any atom is -0.347 e. The van der Waals surface area contributed by atoms with E-state index < -0.39 is 40.1 Å². The zero-order valence-corrected chi connectivity index (χ0v) is 18.0. The van der Waals surface area contributed by atoms with Crippen LogP contribution in [0, 0.1) is 5.82 Å². The van der Waals surface area contributed by atoms with Crippen molar-refractivity contribution in [2.24, 2.45) is 0 Å². The summed E-state index contributed by atoms with van der Waals surface area (Å²) in [4.78, 5) is 36.1. The van der Waals surface area contributed by atoms with Crippen molar-refractivity contribution < 1.29 is 27.2 Å². The van der Waals surface area contributed by atoms with Crippen LogP contribution in [0.25, 0.3) is 0 Å². The quantitative estimate of drug-likeness (QED) is 0.524. The molecule has 0 aromatic heterocycles. The Morgan fingerprint density at radius 2 is 1.66 bits per heavy atom. The van der Waals surface area contributed by atoms with Gasteiger partial charge in [-0.25, -0.2) is 12.8 Å². The summed E-state index contributed by atoms with van der Waals surface area (Å²) >= 11 is 0. The average molecular weight is 463 g/mol. The maximum atomic E-state index is 13.1. The summed E-state index contributed by atoms with van der Waals surface area (Å²) in [6.07, 6.45) is 1.49. The molecule has 0 saturated carbocycles. The number of carbonyl (C=O) groups is 3. The molecule has 170 valence electrons. The lowest BCUT2D eigenvalue weighted by Crippen LogP contribution is -2.46.